The van der Waals surface area contributed by atoms with Gasteiger partial charge in [0.1, 0.15) is 5.75 Å². The number of nitrogens with one attached hydrogen (secondary N) is 1. The lowest BCUT2D eigenvalue weighted by atomic mass is 9.83. The Morgan fingerprint density at radius 1 is 1.38 bits per heavy atom. The molecule has 0 amide bonds. The maximum atomic E-state index is 12.3. The first-order valence-corrected chi connectivity index (χ1v) is 9.00. The standard InChI is InChI=1S/C15H24N2O3S/c1-2-20-15-7-6-14(10-13(15)11-16)21(18,19)17-9-8-12-4-3-5-12/h6-7,10,12,17H,2-5,8-9,11,16H2,1H3. The van der Waals surface area contributed by atoms with E-state index in [1.807, 2.05) is 6.92 Å². The zero-order chi connectivity index (χ0) is 15.3. The van der Waals surface area contributed by atoms with Crippen LogP contribution in [0.1, 0.15) is 38.2 Å². The van der Waals surface area contributed by atoms with E-state index in [4.69, 9.17) is 10.5 Å². The number of benzene rings is 1. The largest absolute Gasteiger partial charge is 0.494 e. The fourth-order valence-corrected chi connectivity index (χ4v) is 3.54. The number of hydrogen-bond acceptors (Lipinski definition) is 4. The van der Waals surface area contributed by atoms with Gasteiger partial charge in [-0.15, -0.1) is 0 Å². The van der Waals surface area contributed by atoms with E-state index in [9.17, 15) is 8.42 Å². The fourth-order valence-electron chi connectivity index (χ4n) is 2.44. The van der Waals surface area contributed by atoms with Crippen LogP contribution >= 0.6 is 0 Å². The normalized spacial score (nSPS) is 15.7. The average molecular weight is 312 g/mol. The summed E-state index contributed by atoms with van der Waals surface area (Å²) in [6.07, 6.45) is 4.64. The fraction of sp³-hybridized carbons (Fsp3) is 0.600. The van der Waals surface area contributed by atoms with Crippen LogP contribution in [-0.4, -0.2) is 21.6 Å². The molecule has 0 saturated heterocycles. The predicted molar refractivity (Wildman–Crippen MR) is 82.6 cm³/mol. The molecule has 1 aromatic rings. The van der Waals surface area contributed by atoms with Crippen LogP contribution in [0, 0.1) is 5.92 Å². The first-order chi connectivity index (χ1) is 10.1. The summed E-state index contributed by atoms with van der Waals surface area (Å²) in [4.78, 5) is 0.250. The van der Waals surface area contributed by atoms with E-state index in [1.54, 1.807) is 18.2 Å². The Morgan fingerprint density at radius 2 is 2.14 bits per heavy atom. The molecule has 0 radical (unpaired) electrons. The molecule has 0 bridgehead atoms. The molecular formula is C15H24N2O3S. The predicted octanol–water partition coefficient (Wildman–Crippen LogP) is 2.01. The third kappa shape index (κ3) is 4.18. The second kappa shape index (κ2) is 7.24. The monoisotopic (exact) mass is 312 g/mol. The Balaban J connectivity index is 2.04. The van der Waals surface area contributed by atoms with Crippen molar-refractivity contribution >= 4 is 10.0 Å². The summed E-state index contributed by atoms with van der Waals surface area (Å²) >= 11 is 0. The molecule has 0 heterocycles. The van der Waals surface area contributed by atoms with Crippen molar-refractivity contribution in [2.24, 2.45) is 11.7 Å². The van der Waals surface area contributed by atoms with E-state index >= 15 is 0 Å². The summed E-state index contributed by atoms with van der Waals surface area (Å²) in [5.41, 5.74) is 6.37. The molecule has 0 atom stereocenters. The van der Waals surface area contributed by atoms with Crippen molar-refractivity contribution in [1.82, 2.24) is 4.72 Å². The first-order valence-electron chi connectivity index (χ1n) is 7.52. The smallest absolute Gasteiger partial charge is 0.240 e. The summed E-state index contributed by atoms with van der Waals surface area (Å²) in [6.45, 7) is 3.16. The van der Waals surface area contributed by atoms with Crippen LogP contribution < -0.4 is 15.2 Å². The maximum Gasteiger partial charge on any atom is 0.240 e. The van der Waals surface area contributed by atoms with Gasteiger partial charge in [-0.05, 0) is 37.5 Å². The average Bonchev–Trinajstić information content (AvgIpc) is 2.42. The molecule has 118 valence electrons. The van der Waals surface area contributed by atoms with E-state index in [2.05, 4.69) is 4.72 Å². The lowest BCUT2D eigenvalue weighted by Gasteiger charge is -2.25. The Kier molecular flexibility index (Phi) is 5.61. The van der Waals surface area contributed by atoms with Gasteiger partial charge in [0.15, 0.2) is 0 Å². The van der Waals surface area contributed by atoms with Crippen LogP contribution in [0.2, 0.25) is 0 Å². The van der Waals surface area contributed by atoms with Crippen molar-refractivity contribution in [1.29, 1.82) is 0 Å². The molecule has 1 aliphatic carbocycles. The van der Waals surface area contributed by atoms with Crippen molar-refractivity contribution in [3.63, 3.8) is 0 Å². The molecule has 0 aromatic heterocycles. The third-order valence-corrected chi connectivity index (χ3v) is 5.39. The molecule has 1 aromatic carbocycles. The van der Waals surface area contributed by atoms with Crippen LogP contribution in [0.25, 0.3) is 0 Å². The number of sulfonamides is 1. The number of hydrogen-bond donors (Lipinski definition) is 2. The van der Waals surface area contributed by atoms with E-state index in [-0.39, 0.29) is 11.4 Å². The van der Waals surface area contributed by atoms with Crippen molar-refractivity contribution < 1.29 is 13.2 Å². The maximum absolute atomic E-state index is 12.3. The zero-order valence-corrected chi connectivity index (χ0v) is 13.3. The Bertz CT molecular complexity index is 568. The van der Waals surface area contributed by atoms with E-state index in [0.29, 0.717) is 30.4 Å². The van der Waals surface area contributed by atoms with Gasteiger partial charge in [-0.1, -0.05) is 19.3 Å². The van der Waals surface area contributed by atoms with Crippen LogP contribution in [0.3, 0.4) is 0 Å². The van der Waals surface area contributed by atoms with Gasteiger partial charge in [-0.25, -0.2) is 13.1 Å². The molecule has 1 aliphatic rings. The lowest BCUT2D eigenvalue weighted by molar-refractivity contribution is 0.297. The SMILES string of the molecule is CCOc1ccc(S(=O)(=O)NCCC2CCC2)cc1CN. The molecule has 21 heavy (non-hydrogen) atoms. The van der Waals surface area contributed by atoms with Gasteiger partial charge in [0.25, 0.3) is 0 Å². The van der Waals surface area contributed by atoms with Crippen molar-refractivity contribution in [3.05, 3.63) is 23.8 Å². The van der Waals surface area contributed by atoms with Crippen molar-refractivity contribution in [2.75, 3.05) is 13.2 Å². The molecule has 6 heteroatoms. The van der Waals surface area contributed by atoms with Crippen LogP contribution in [-0.2, 0) is 16.6 Å². The number of ether oxygens (including phenoxy) is 1. The van der Waals surface area contributed by atoms with Gasteiger partial charge >= 0.3 is 0 Å². The Labute approximate surface area is 126 Å². The topological polar surface area (TPSA) is 81.4 Å². The molecule has 0 aliphatic heterocycles. The zero-order valence-electron chi connectivity index (χ0n) is 12.5. The third-order valence-electron chi connectivity index (χ3n) is 3.93. The minimum Gasteiger partial charge on any atom is -0.494 e. The van der Waals surface area contributed by atoms with Gasteiger partial charge in [0.2, 0.25) is 10.0 Å². The summed E-state index contributed by atoms with van der Waals surface area (Å²) < 4.78 is 32.6. The van der Waals surface area contributed by atoms with Crippen molar-refractivity contribution in [3.8, 4) is 5.75 Å². The first kappa shape index (κ1) is 16.3. The Morgan fingerprint density at radius 3 is 2.71 bits per heavy atom. The minimum atomic E-state index is -3.47. The molecule has 3 N–H and O–H groups in total. The van der Waals surface area contributed by atoms with Crippen LogP contribution in [0.15, 0.2) is 23.1 Å². The quantitative estimate of drug-likeness (QED) is 0.769. The van der Waals surface area contributed by atoms with Gasteiger partial charge < -0.3 is 10.5 Å². The molecular weight excluding hydrogens is 288 g/mol. The van der Waals surface area contributed by atoms with Gasteiger partial charge in [0, 0.05) is 18.7 Å². The van der Waals surface area contributed by atoms with Gasteiger partial charge in [-0.2, -0.15) is 0 Å². The van der Waals surface area contributed by atoms with E-state index in [0.717, 1.165) is 6.42 Å². The van der Waals surface area contributed by atoms with E-state index in [1.165, 1.54) is 19.3 Å². The number of rotatable bonds is 8. The molecule has 5 nitrogen and oxygen atoms in total. The highest BCUT2D eigenvalue weighted by molar-refractivity contribution is 7.89. The summed E-state index contributed by atoms with van der Waals surface area (Å²) in [7, 11) is -3.47. The molecule has 1 fully saturated rings. The summed E-state index contributed by atoms with van der Waals surface area (Å²) in [5.74, 6) is 1.33. The van der Waals surface area contributed by atoms with Crippen molar-refractivity contribution in [2.45, 2.75) is 44.0 Å². The number of nitrogens with two attached hydrogens (primary N) is 1. The summed E-state index contributed by atoms with van der Waals surface area (Å²) in [6, 6.07) is 4.83. The molecule has 0 unspecified atom stereocenters. The highest BCUT2D eigenvalue weighted by Gasteiger charge is 2.20. The second-order valence-electron chi connectivity index (χ2n) is 5.39. The minimum absolute atomic E-state index is 0.250. The van der Waals surface area contributed by atoms with Crippen LogP contribution in [0.4, 0.5) is 0 Å². The molecule has 1 saturated carbocycles. The Hall–Kier alpha value is -1.11. The molecule has 0 spiro atoms. The van der Waals surface area contributed by atoms with Gasteiger partial charge in [-0.3, -0.25) is 0 Å². The second-order valence-corrected chi connectivity index (χ2v) is 7.16. The summed E-state index contributed by atoms with van der Waals surface area (Å²) in [5, 5.41) is 0. The highest BCUT2D eigenvalue weighted by Crippen LogP contribution is 2.29. The lowest BCUT2D eigenvalue weighted by Crippen LogP contribution is -2.27. The van der Waals surface area contributed by atoms with E-state index < -0.39 is 10.0 Å². The van der Waals surface area contributed by atoms with Crippen LogP contribution in [0.5, 0.6) is 5.75 Å². The highest BCUT2D eigenvalue weighted by atomic mass is 32.2. The molecule has 2 rings (SSSR count). The van der Waals surface area contributed by atoms with Gasteiger partial charge in [0.05, 0.1) is 11.5 Å².